The Bertz CT molecular complexity index is 1320. The molecule has 0 radical (unpaired) electrons. The fourth-order valence-corrected chi connectivity index (χ4v) is 4.00. The van der Waals surface area contributed by atoms with Crippen molar-refractivity contribution in [2.24, 2.45) is 0 Å². The third-order valence-electron chi connectivity index (χ3n) is 5.29. The van der Waals surface area contributed by atoms with E-state index < -0.39 is 0 Å². The summed E-state index contributed by atoms with van der Waals surface area (Å²) in [6, 6.07) is 17.3. The van der Waals surface area contributed by atoms with Crippen LogP contribution in [0.4, 0.5) is 0 Å². The molecule has 0 bridgehead atoms. The molecule has 0 saturated carbocycles. The zero-order chi connectivity index (χ0) is 22.0. The third kappa shape index (κ3) is 3.95. The maximum absolute atomic E-state index is 13.5. The second-order valence-electron chi connectivity index (χ2n) is 7.58. The van der Waals surface area contributed by atoms with Crippen LogP contribution in [0, 0.1) is 0 Å². The van der Waals surface area contributed by atoms with E-state index in [1.54, 1.807) is 16.7 Å². The zero-order valence-corrected chi connectivity index (χ0v) is 18.5. The largest absolute Gasteiger partial charge is 0.332 e. The van der Waals surface area contributed by atoms with Crippen LogP contribution < -0.4 is 11.2 Å². The number of rotatable bonds is 7. The van der Waals surface area contributed by atoms with E-state index in [4.69, 9.17) is 16.6 Å². The van der Waals surface area contributed by atoms with Gasteiger partial charge in [-0.15, -0.1) is 0 Å². The number of halogens is 1. The molecule has 0 atom stereocenters. The molecular weight excluding hydrogens is 412 g/mol. The molecule has 2 aromatic heterocycles. The molecule has 4 rings (SSSR count). The minimum Gasteiger partial charge on any atom is -0.314 e. The van der Waals surface area contributed by atoms with E-state index in [0.29, 0.717) is 48.1 Å². The maximum Gasteiger partial charge on any atom is 0.332 e. The third-order valence-corrected chi connectivity index (χ3v) is 5.55. The van der Waals surface area contributed by atoms with E-state index in [-0.39, 0.29) is 11.2 Å². The predicted molar refractivity (Wildman–Crippen MR) is 125 cm³/mol. The highest BCUT2D eigenvalue weighted by Gasteiger charge is 2.22. The van der Waals surface area contributed by atoms with Crippen molar-refractivity contribution in [1.29, 1.82) is 0 Å². The SMILES string of the molecule is CCCn1c(=O)c2c(nc(-c3ccc(Cl)cc3)n2Cc2ccccc2)n(CCC)c1=O. The Labute approximate surface area is 185 Å². The molecule has 0 aliphatic heterocycles. The number of hydrogen-bond donors (Lipinski definition) is 0. The summed E-state index contributed by atoms with van der Waals surface area (Å²) in [6.45, 7) is 5.32. The molecule has 0 fully saturated rings. The molecule has 160 valence electrons. The molecule has 0 saturated heterocycles. The number of aromatic nitrogens is 4. The molecule has 31 heavy (non-hydrogen) atoms. The molecule has 0 spiro atoms. The standard InChI is InChI=1S/C24H25ClN4O2/c1-3-14-27-22-20(23(30)28(15-4-2)24(27)31)29(16-17-8-6-5-7-9-17)21(26-22)18-10-12-19(25)13-11-18/h5-13H,3-4,14-16H2,1-2H3. The van der Waals surface area contributed by atoms with E-state index >= 15 is 0 Å². The van der Waals surface area contributed by atoms with Crippen molar-refractivity contribution >= 4 is 22.8 Å². The van der Waals surface area contributed by atoms with Crippen LogP contribution in [0.5, 0.6) is 0 Å². The molecule has 4 aromatic rings. The summed E-state index contributed by atoms with van der Waals surface area (Å²) in [4.78, 5) is 31.4. The van der Waals surface area contributed by atoms with Gasteiger partial charge in [0.2, 0.25) is 0 Å². The highest BCUT2D eigenvalue weighted by atomic mass is 35.5. The topological polar surface area (TPSA) is 61.8 Å². The molecular formula is C24H25ClN4O2. The van der Waals surface area contributed by atoms with Gasteiger partial charge in [-0.1, -0.05) is 55.8 Å². The van der Waals surface area contributed by atoms with Crippen LogP contribution >= 0.6 is 11.6 Å². The first kappa shape index (κ1) is 21.1. The lowest BCUT2D eigenvalue weighted by atomic mass is 10.2. The van der Waals surface area contributed by atoms with Crippen LogP contribution in [0.1, 0.15) is 32.3 Å². The van der Waals surface area contributed by atoms with Crippen molar-refractivity contribution in [3.05, 3.63) is 86.0 Å². The van der Waals surface area contributed by atoms with Gasteiger partial charge in [0.05, 0.1) is 0 Å². The summed E-state index contributed by atoms with van der Waals surface area (Å²) in [5.74, 6) is 0.645. The smallest absolute Gasteiger partial charge is 0.314 e. The van der Waals surface area contributed by atoms with Crippen molar-refractivity contribution in [3.63, 3.8) is 0 Å². The average molecular weight is 437 g/mol. The molecule has 0 unspecified atom stereocenters. The Kier molecular flexibility index (Phi) is 6.09. The molecule has 2 aromatic carbocycles. The maximum atomic E-state index is 13.5. The van der Waals surface area contributed by atoms with E-state index in [9.17, 15) is 9.59 Å². The Morgan fingerprint density at radius 2 is 1.48 bits per heavy atom. The molecule has 0 amide bonds. The van der Waals surface area contributed by atoms with E-state index in [1.165, 1.54) is 4.57 Å². The summed E-state index contributed by atoms with van der Waals surface area (Å²) >= 11 is 6.09. The normalized spacial score (nSPS) is 11.3. The first-order chi connectivity index (χ1) is 15.0. The van der Waals surface area contributed by atoms with Gasteiger partial charge in [0.25, 0.3) is 5.56 Å². The molecule has 0 aliphatic rings. The van der Waals surface area contributed by atoms with Gasteiger partial charge in [-0.2, -0.15) is 0 Å². The van der Waals surface area contributed by atoms with Gasteiger partial charge in [-0.05, 0) is 42.7 Å². The molecule has 0 N–H and O–H groups in total. The van der Waals surface area contributed by atoms with E-state index in [2.05, 4.69) is 0 Å². The van der Waals surface area contributed by atoms with Gasteiger partial charge in [-0.25, -0.2) is 9.78 Å². The molecule has 2 heterocycles. The van der Waals surface area contributed by atoms with Crippen molar-refractivity contribution in [2.75, 3.05) is 0 Å². The lowest BCUT2D eigenvalue weighted by Gasteiger charge is -2.12. The molecule has 0 aliphatic carbocycles. The Hall–Kier alpha value is -3.12. The molecule has 6 nitrogen and oxygen atoms in total. The first-order valence-corrected chi connectivity index (χ1v) is 11.0. The lowest BCUT2D eigenvalue weighted by Crippen LogP contribution is -2.40. The minimum atomic E-state index is -0.298. The van der Waals surface area contributed by atoms with Crippen LogP contribution in [0.3, 0.4) is 0 Å². The Balaban J connectivity index is 2.08. The summed E-state index contributed by atoms with van der Waals surface area (Å²) in [7, 11) is 0. The molecule has 7 heteroatoms. The Morgan fingerprint density at radius 1 is 0.839 bits per heavy atom. The number of imidazole rings is 1. The average Bonchev–Trinajstić information content (AvgIpc) is 3.14. The van der Waals surface area contributed by atoms with Crippen LogP contribution in [0.15, 0.2) is 64.2 Å². The second kappa shape index (κ2) is 8.94. The summed E-state index contributed by atoms with van der Waals surface area (Å²) in [5, 5.41) is 0.627. The van der Waals surface area contributed by atoms with Crippen molar-refractivity contribution < 1.29 is 0 Å². The van der Waals surface area contributed by atoms with Gasteiger partial charge in [-0.3, -0.25) is 13.9 Å². The van der Waals surface area contributed by atoms with Crippen LogP contribution in [-0.4, -0.2) is 18.7 Å². The number of hydrogen-bond acceptors (Lipinski definition) is 3. The van der Waals surface area contributed by atoms with Crippen LogP contribution in [-0.2, 0) is 19.6 Å². The van der Waals surface area contributed by atoms with Gasteiger partial charge >= 0.3 is 5.69 Å². The fourth-order valence-electron chi connectivity index (χ4n) is 3.88. The van der Waals surface area contributed by atoms with E-state index in [0.717, 1.165) is 17.5 Å². The number of nitrogens with zero attached hydrogens (tertiary/aromatic N) is 4. The first-order valence-electron chi connectivity index (χ1n) is 10.6. The van der Waals surface area contributed by atoms with Crippen molar-refractivity contribution in [1.82, 2.24) is 18.7 Å². The van der Waals surface area contributed by atoms with Gasteiger partial charge in [0.1, 0.15) is 5.82 Å². The monoisotopic (exact) mass is 436 g/mol. The summed E-state index contributed by atoms with van der Waals surface area (Å²) in [5.41, 5.74) is 2.19. The van der Waals surface area contributed by atoms with Crippen LogP contribution in [0.2, 0.25) is 5.02 Å². The van der Waals surface area contributed by atoms with Gasteiger partial charge in [0.15, 0.2) is 11.2 Å². The lowest BCUT2D eigenvalue weighted by molar-refractivity contribution is 0.554. The van der Waals surface area contributed by atoms with Crippen molar-refractivity contribution in [3.8, 4) is 11.4 Å². The van der Waals surface area contributed by atoms with E-state index in [1.807, 2.05) is 60.9 Å². The second-order valence-corrected chi connectivity index (χ2v) is 8.01. The van der Waals surface area contributed by atoms with Gasteiger partial charge < -0.3 is 4.57 Å². The van der Waals surface area contributed by atoms with Crippen molar-refractivity contribution in [2.45, 2.75) is 46.3 Å². The van der Waals surface area contributed by atoms with Crippen LogP contribution in [0.25, 0.3) is 22.6 Å². The predicted octanol–water partition coefficient (Wildman–Crippen LogP) is 4.55. The zero-order valence-electron chi connectivity index (χ0n) is 17.7. The number of fused-ring (bicyclic) bond motifs is 1. The Morgan fingerprint density at radius 3 is 2.13 bits per heavy atom. The summed E-state index contributed by atoms with van der Waals surface area (Å²) < 4.78 is 4.90. The summed E-state index contributed by atoms with van der Waals surface area (Å²) in [6.07, 6.45) is 1.46. The number of aryl methyl sites for hydroxylation is 1. The minimum absolute atomic E-state index is 0.294. The highest BCUT2D eigenvalue weighted by Crippen LogP contribution is 2.25. The highest BCUT2D eigenvalue weighted by molar-refractivity contribution is 6.30. The van der Waals surface area contributed by atoms with Gasteiger partial charge in [0, 0.05) is 30.2 Å². The number of benzene rings is 2. The fraction of sp³-hybridized carbons (Fsp3) is 0.292. The quantitative estimate of drug-likeness (QED) is 0.427.